The Morgan fingerprint density at radius 1 is 1.24 bits per heavy atom. The summed E-state index contributed by atoms with van der Waals surface area (Å²) >= 11 is 0. The maximum absolute atomic E-state index is 5.92. The van der Waals surface area contributed by atoms with Crippen LogP contribution < -0.4 is 5.73 Å². The van der Waals surface area contributed by atoms with E-state index >= 15 is 0 Å². The van der Waals surface area contributed by atoms with Gasteiger partial charge >= 0.3 is 0 Å². The number of hydrogen-bond donors (Lipinski definition) is 1. The van der Waals surface area contributed by atoms with Crippen LogP contribution in [0.4, 0.5) is 0 Å². The molecule has 0 aromatic carbocycles. The quantitative estimate of drug-likeness (QED) is 0.664. The summed E-state index contributed by atoms with van der Waals surface area (Å²) in [6.07, 6.45) is 7.85. The molecule has 3 nitrogen and oxygen atoms in total. The molecule has 0 amide bonds. The average Bonchev–Trinajstić information content (AvgIpc) is 2.39. The monoisotopic (exact) mass is 242 g/mol. The fourth-order valence-corrected chi connectivity index (χ4v) is 3.06. The third-order valence-corrected chi connectivity index (χ3v) is 4.09. The highest BCUT2D eigenvalue weighted by atomic mass is 16.5. The van der Waals surface area contributed by atoms with Crippen molar-refractivity contribution in [3.8, 4) is 0 Å². The maximum atomic E-state index is 5.92. The fourth-order valence-electron chi connectivity index (χ4n) is 3.06. The van der Waals surface area contributed by atoms with E-state index in [0.717, 1.165) is 31.7 Å². The lowest BCUT2D eigenvalue weighted by molar-refractivity contribution is 0.106. The van der Waals surface area contributed by atoms with Gasteiger partial charge in [0.1, 0.15) is 0 Å². The number of nitrogens with zero attached hydrogens (tertiary/aromatic N) is 1. The SMILES string of the molecule is CCN(CCCCOC)C1CCCCC1CN. The van der Waals surface area contributed by atoms with Gasteiger partial charge in [0, 0.05) is 19.8 Å². The highest BCUT2D eigenvalue weighted by Crippen LogP contribution is 2.27. The molecular weight excluding hydrogens is 212 g/mol. The van der Waals surface area contributed by atoms with Crippen molar-refractivity contribution in [2.24, 2.45) is 11.7 Å². The van der Waals surface area contributed by atoms with Crippen LogP contribution in [0, 0.1) is 5.92 Å². The van der Waals surface area contributed by atoms with Crippen molar-refractivity contribution in [2.75, 3.05) is 33.4 Å². The van der Waals surface area contributed by atoms with Gasteiger partial charge in [-0.05, 0) is 51.2 Å². The minimum Gasteiger partial charge on any atom is -0.385 e. The van der Waals surface area contributed by atoms with Crippen molar-refractivity contribution in [3.05, 3.63) is 0 Å². The Kier molecular flexibility index (Phi) is 7.82. The van der Waals surface area contributed by atoms with Gasteiger partial charge < -0.3 is 15.4 Å². The van der Waals surface area contributed by atoms with Crippen LogP contribution in [0.15, 0.2) is 0 Å². The largest absolute Gasteiger partial charge is 0.385 e. The zero-order chi connectivity index (χ0) is 12.5. The van der Waals surface area contributed by atoms with Crippen molar-refractivity contribution in [3.63, 3.8) is 0 Å². The first-order valence-corrected chi connectivity index (χ1v) is 7.26. The van der Waals surface area contributed by atoms with Crippen LogP contribution in [0.25, 0.3) is 0 Å². The van der Waals surface area contributed by atoms with Crippen LogP contribution in [0.2, 0.25) is 0 Å². The van der Waals surface area contributed by atoms with Gasteiger partial charge in [0.15, 0.2) is 0 Å². The van der Waals surface area contributed by atoms with Crippen molar-refractivity contribution < 1.29 is 4.74 Å². The molecule has 0 radical (unpaired) electrons. The van der Waals surface area contributed by atoms with Gasteiger partial charge in [-0.25, -0.2) is 0 Å². The zero-order valence-corrected chi connectivity index (χ0v) is 11.7. The Morgan fingerprint density at radius 3 is 2.65 bits per heavy atom. The molecule has 2 N–H and O–H groups in total. The molecule has 2 atom stereocenters. The predicted octanol–water partition coefficient (Wildman–Crippen LogP) is 2.25. The van der Waals surface area contributed by atoms with E-state index in [9.17, 15) is 0 Å². The van der Waals surface area contributed by atoms with E-state index in [-0.39, 0.29) is 0 Å². The zero-order valence-electron chi connectivity index (χ0n) is 11.7. The molecule has 0 spiro atoms. The number of ether oxygens (including phenoxy) is 1. The number of methoxy groups -OCH3 is 1. The lowest BCUT2D eigenvalue weighted by atomic mass is 9.83. The molecule has 2 unspecified atom stereocenters. The molecule has 0 heterocycles. The summed E-state index contributed by atoms with van der Waals surface area (Å²) in [6.45, 7) is 6.40. The van der Waals surface area contributed by atoms with E-state index in [2.05, 4.69) is 11.8 Å². The molecule has 1 aliphatic rings. The van der Waals surface area contributed by atoms with Crippen LogP contribution in [0.5, 0.6) is 0 Å². The Morgan fingerprint density at radius 2 is 2.00 bits per heavy atom. The summed E-state index contributed by atoms with van der Waals surface area (Å²) in [6, 6.07) is 0.737. The Balaban J connectivity index is 2.35. The molecule has 0 aromatic heterocycles. The second-order valence-electron chi connectivity index (χ2n) is 5.18. The summed E-state index contributed by atoms with van der Waals surface area (Å²) in [7, 11) is 1.78. The van der Waals surface area contributed by atoms with E-state index in [0.29, 0.717) is 0 Å². The minimum absolute atomic E-state index is 0.728. The minimum atomic E-state index is 0.728. The van der Waals surface area contributed by atoms with Crippen molar-refractivity contribution in [1.29, 1.82) is 0 Å². The van der Waals surface area contributed by atoms with E-state index in [1.165, 1.54) is 45.1 Å². The summed E-state index contributed by atoms with van der Waals surface area (Å²) in [5.41, 5.74) is 5.92. The Labute approximate surface area is 107 Å². The maximum Gasteiger partial charge on any atom is 0.0462 e. The van der Waals surface area contributed by atoms with Crippen LogP contribution in [-0.4, -0.2) is 44.3 Å². The lowest BCUT2D eigenvalue weighted by Gasteiger charge is -2.39. The summed E-state index contributed by atoms with van der Waals surface area (Å²) in [5.74, 6) is 0.728. The highest BCUT2D eigenvalue weighted by molar-refractivity contribution is 4.83. The number of hydrogen-bond acceptors (Lipinski definition) is 3. The highest BCUT2D eigenvalue weighted by Gasteiger charge is 2.27. The number of rotatable bonds is 8. The van der Waals surface area contributed by atoms with Crippen molar-refractivity contribution in [1.82, 2.24) is 4.90 Å². The van der Waals surface area contributed by atoms with Crippen molar-refractivity contribution in [2.45, 2.75) is 51.5 Å². The molecule has 0 aromatic rings. The Hall–Kier alpha value is -0.120. The van der Waals surface area contributed by atoms with Crippen LogP contribution in [0.3, 0.4) is 0 Å². The fraction of sp³-hybridized carbons (Fsp3) is 1.00. The Bertz CT molecular complexity index is 187. The molecule has 1 aliphatic carbocycles. The summed E-state index contributed by atoms with van der Waals surface area (Å²) in [4.78, 5) is 2.65. The van der Waals surface area contributed by atoms with Gasteiger partial charge in [-0.2, -0.15) is 0 Å². The molecule has 17 heavy (non-hydrogen) atoms. The third-order valence-electron chi connectivity index (χ3n) is 4.09. The van der Waals surface area contributed by atoms with Gasteiger partial charge in [0.05, 0.1) is 0 Å². The topological polar surface area (TPSA) is 38.5 Å². The van der Waals surface area contributed by atoms with Crippen LogP contribution in [0.1, 0.15) is 45.4 Å². The smallest absolute Gasteiger partial charge is 0.0462 e. The molecule has 1 fully saturated rings. The van der Waals surface area contributed by atoms with Crippen LogP contribution in [-0.2, 0) is 4.74 Å². The number of unbranched alkanes of at least 4 members (excludes halogenated alkanes) is 1. The lowest BCUT2D eigenvalue weighted by Crippen LogP contribution is -2.45. The van der Waals surface area contributed by atoms with Gasteiger partial charge in [-0.15, -0.1) is 0 Å². The molecule has 0 bridgehead atoms. The average molecular weight is 242 g/mol. The normalized spacial score (nSPS) is 25.4. The first-order chi connectivity index (χ1) is 8.33. The van der Waals surface area contributed by atoms with Crippen molar-refractivity contribution >= 4 is 0 Å². The van der Waals surface area contributed by atoms with Crippen LogP contribution >= 0.6 is 0 Å². The second kappa shape index (κ2) is 8.90. The third kappa shape index (κ3) is 4.94. The van der Waals surface area contributed by atoms with Gasteiger partial charge in [0.25, 0.3) is 0 Å². The van der Waals surface area contributed by atoms with E-state index in [4.69, 9.17) is 10.5 Å². The number of nitrogens with two attached hydrogens (primary N) is 1. The summed E-state index contributed by atoms with van der Waals surface area (Å²) in [5, 5.41) is 0. The molecule has 0 saturated heterocycles. The first kappa shape index (κ1) is 14.9. The molecule has 1 rings (SSSR count). The van der Waals surface area contributed by atoms with E-state index in [1.54, 1.807) is 7.11 Å². The second-order valence-corrected chi connectivity index (χ2v) is 5.18. The standard InChI is InChI=1S/C14H30N2O/c1-3-16(10-6-7-11-17-2)14-9-5-4-8-13(14)12-15/h13-14H,3-12,15H2,1-2H3. The first-order valence-electron chi connectivity index (χ1n) is 7.26. The van der Waals surface area contributed by atoms with E-state index < -0.39 is 0 Å². The predicted molar refractivity (Wildman–Crippen MR) is 73.2 cm³/mol. The molecule has 102 valence electrons. The van der Waals surface area contributed by atoms with E-state index in [1.807, 2.05) is 0 Å². The summed E-state index contributed by atoms with van der Waals surface area (Å²) < 4.78 is 5.11. The molecule has 1 saturated carbocycles. The molecule has 3 heteroatoms. The van der Waals surface area contributed by atoms with Gasteiger partial charge in [-0.1, -0.05) is 19.8 Å². The molecular formula is C14H30N2O. The van der Waals surface area contributed by atoms with Gasteiger partial charge in [0.2, 0.25) is 0 Å². The van der Waals surface area contributed by atoms with Gasteiger partial charge in [-0.3, -0.25) is 0 Å². The molecule has 0 aliphatic heterocycles.